The number of hydrogen-bond donors (Lipinski definition) is 0. The van der Waals surface area contributed by atoms with Gasteiger partial charge in [0, 0.05) is 5.56 Å². The average molecular weight is 263 g/mol. The maximum atomic E-state index is 9.45. The highest BCUT2D eigenvalue weighted by molar-refractivity contribution is 7.98. The molecule has 1 saturated carbocycles. The highest BCUT2D eigenvalue weighted by atomic mass is 32.2. The summed E-state index contributed by atoms with van der Waals surface area (Å²) in [6, 6.07) is 6.39. The van der Waals surface area contributed by atoms with Gasteiger partial charge < -0.3 is 9.47 Å². The van der Waals surface area contributed by atoms with E-state index < -0.39 is 0 Å². The number of hydrogen-bond acceptors (Lipinski definition) is 4. The van der Waals surface area contributed by atoms with Crippen LogP contribution in [0.4, 0.5) is 0 Å². The van der Waals surface area contributed by atoms with Crippen LogP contribution in [0.3, 0.4) is 0 Å². The van der Waals surface area contributed by atoms with Gasteiger partial charge in [-0.1, -0.05) is 0 Å². The molecular weight excluding hydrogens is 246 g/mol. The Bertz CT molecular complexity index is 489. The number of ether oxygens (including phenoxy) is 2. The van der Waals surface area contributed by atoms with Crippen molar-refractivity contribution in [3.05, 3.63) is 17.7 Å². The Balaban J connectivity index is 2.56. The van der Waals surface area contributed by atoms with Gasteiger partial charge in [0.2, 0.25) is 0 Å². The quantitative estimate of drug-likeness (QED) is 0.781. The number of nitriles is 1. The van der Waals surface area contributed by atoms with Crippen LogP contribution in [0.1, 0.15) is 24.8 Å². The fourth-order valence-corrected chi connectivity index (χ4v) is 2.94. The Hall–Kier alpha value is -1.34. The summed E-state index contributed by atoms with van der Waals surface area (Å²) in [6.45, 7) is 0. The maximum absolute atomic E-state index is 9.45. The van der Waals surface area contributed by atoms with Crippen molar-refractivity contribution in [2.75, 3.05) is 20.5 Å². The summed E-state index contributed by atoms with van der Waals surface area (Å²) in [5, 5.41) is 9.45. The molecule has 0 bridgehead atoms. The van der Waals surface area contributed by atoms with Gasteiger partial charge in [-0.25, -0.2) is 0 Å². The molecule has 1 aliphatic rings. The first-order valence-electron chi connectivity index (χ1n) is 5.92. The Morgan fingerprint density at radius 3 is 2.28 bits per heavy atom. The van der Waals surface area contributed by atoms with E-state index in [9.17, 15) is 5.26 Å². The van der Waals surface area contributed by atoms with E-state index in [1.807, 2.05) is 18.4 Å². The highest BCUT2D eigenvalue weighted by Gasteiger charge is 2.41. The largest absolute Gasteiger partial charge is 0.496 e. The van der Waals surface area contributed by atoms with E-state index >= 15 is 0 Å². The third kappa shape index (κ3) is 1.93. The second-order valence-electron chi connectivity index (χ2n) is 4.45. The molecule has 1 aromatic carbocycles. The van der Waals surface area contributed by atoms with Gasteiger partial charge in [0.05, 0.1) is 30.6 Å². The van der Waals surface area contributed by atoms with Crippen LogP contribution >= 0.6 is 11.8 Å². The molecule has 0 aliphatic heterocycles. The van der Waals surface area contributed by atoms with Gasteiger partial charge in [0.15, 0.2) is 0 Å². The topological polar surface area (TPSA) is 42.2 Å². The normalized spacial score (nSPS) is 16.6. The molecule has 1 aliphatic carbocycles. The van der Waals surface area contributed by atoms with E-state index in [-0.39, 0.29) is 5.41 Å². The lowest BCUT2D eigenvalue weighted by atomic mass is 9.65. The molecule has 0 spiro atoms. The van der Waals surface area contributed by atoms with Crippen LogP contribution in [0.25, 0.3) is 0 Å². The lowest BCUT2D eigenvalue weighted by Gasteiger charge is -2.36. The molecule has 1 aromatic rings. The van der Waals surface area contributed by atoms with E-state index in [0.717, 1.165) is 41.2 Å². The molecule has 0 saturated heterocycles. The zero-order chi connectivity index (χ0) is 13.2. The van der Waals surface area contributed by atoms with Crippen LogP contribution in [-0.4, -0.2) is 20.5 Å². The van der Waals surface area contributed by atoms with Crippen molar-refractivity contribution in [2.45, 2.75) is 29.6 Å². The Morgan fingerprint density at radius 2 is 1.89 bits per heavy atom. The minimum absolute atomic E-state index is 0.379. The van der Waals surface area contributed by atoms with Crippen molar-refractivity contribution in [3.8, 4) is 17.6 Å². The monoisotopic (exact) mass is 263 g/mol. The van der Waals surface area contributed by atoms with E-state index in [1.165, 1.54) is 0 Å². The Labute approximate surface area is 112 Å². The molecule has 3 nitrogen and oxygen atoms in total. The predicted molar refractivity (Wildman–Crippen MR) is 72.5 cm³/mol. The van der Waals surface area contributed by atoms with Crippen LogP contribution in [0.5, 0.6) is 11.5 Å². The molecule has 1 fully saturated rings. The van der Waals surface area contributed by atoms with Crippen molar-refractivity contribution in [1.82, 2.24) is 0 Å². The molecule has 0 radical (unpaired) electrons. The van der Waals surface area contributed by atoms with Crippen LogP contribution in [0.2, 0.25) is 0 Å². The maximum Gasteiger partial charge on any atom is 0.133 e. The smallest absolute Gasteiger partial charge is 0.133 e. The Morgan fingerprint density at radius 1 is 1.22 bits per heavy atom. The van der Waals surface area contributed by atoms with Crippen LogP contribution in [0.15, 0.2) is 17.0 Å². The first-order valence-corrected chi connectivity index (χ1v) is 7.15. The predicted octanol–water partition coefficient (Wildman–Crippen LogP) is 3.37. The molecule has 0 unspecified atom stereocenters. The zero-order valence-electron chi connectivity index (χ0n) is 10.9. The van der Waals surface area contributed by atoms with Crippen molar-refractivity contribution >= 4 is 11.8 Å². The number of thioether (sulfide) groups is 1. The number of nitrogens with zero attached hydrogens (tertiary/aromatic N) is 1. The first kappa shape index (κ1) is 13.1. The van der Waals surface area contributed by atoms with Crippen LogP contribution in [-0.2, 0) is 5.41 Å². The van der Waals surface area contributed by atoms with Gasteiger partial charge in [-0.3, -0.25) is 0 Å². The van der Waals surface area contributed by atoms with E-state index in [2.05, 4.69) is 6.07 Å². The van der Waals surface area contributed by atoms with Crippen LogP contribution < -0.4 is 9.47 Å². The molecule has 0 N–H and O–H groups in total. The molecule has 96 valence electrons. The molecule has 0 heterocycles. The number of methoxy groups -OCH3 is 2. The van der Waals surface area contributed by atoms with Gasteiger partial charge in [-0.2, -0.15) is 5.26 Å². The van der Waals surface area contributed by atoms with Crippen molar-refractivity contribution < 1.29 is 9.47 Å². The molecule has 0 aromatic heterocycles. The molecule has 2 rings (SSSR count). The van der Waals surface area contributed by atoms with Gasteiger partial charge in [0.1, 0.15) is 11.5 Å². The second kappa shape index (κ2) is 5.11. The van der Waals surface area contributed by atoms with Gasteiger partial charge in [-0.15, -0.1) is 11.8 Å². The summed E-state index contributed by atoms with van der Waals surface area (Å²) >= 11 is 1.61. The minimum atomic E-state index is -0.379. The van der Waals surface area contributed by atoms with E-state index in [1.54, 1.807) is 26.0 Å². The standard InChI is InChI=1S/C14H17NO2S/c1-16-11-8-13(18-3)12(17-2)7-10(11)14(9-15)5-4-6-14/h7-8H,4-6H2,1-3H3. The third-order valence-corrected chi connectivity index (χ3v) is 4.40. The fraction of sp³-hybridized carbons (Fsp3) is 0.500. The fourth-order valence-electron chi connectivity index (χ4n) is 2.37. The molecule has 0 amide bonds. The average Bonchev–Trinajstić information content (AvgIpc) is 2.37. The summed E-state index contributed by atoms with van der Waals surface area (Å²) in [5.41, 5.74) is 0.587. The van der Waals surface area contributed by atoms with Crippen molar-refractivity contribution in [2.24, 2.45) is 0 Å². The lowest BCUT2D eigenvalue weighted by molar-refractivity contribution is 0.303. The molecular formula is C14H17NO2S. The summed E-state index contributed by atoms with van der Waals surface area (Å²) in [5.74, 6) is 1.61. The Kier molecular flexibility index (Phi) is 3.72. The summed E-state index contributed by atoms with van der Waals surface area (Å²) in [6.07, 6.45) is 4.91. The molecule has 18 heavy (non-hydrogen) atoms. The highest BCUT2D eigenvalue weighted by Crippen LogP contribution is 2.49. The second-order valence-corrected chi connectivity index (χ2v) is 5.30. The van der Waals surface area contributed by atoms with E-state index in [4.69, 9.17) is 9.47 Å². The van der Waals surface area contributed by atoms with Gasteiger partial charge in [-0.05, 0) is 37.7 Å². The number of rotatable bonds is 4. The van der Waals surface area contributed by atoms with Gasteiger partial charge >= 0.3 is 0 Å². The summed E-state index contributed by atoms with van der Waals surface area (Å²) < 4.78 is 10.8. The summed E-state index contributed by atoms with van der Waals surface area (Å²) in [4.78, 5) is 1.03. The van der Waals surface area contributed by atoms with Crippen molar-refractivity contribution in [3.63, 3.8) is 0 Å². The zero-order valence-corrected chi connectivity index (χ0v) is 11.8. The molecule has 4 heteroatoms. The summed E-state index contributed by atoms with van der Waals surface area (Å²) in [7, 11) is 3.31. The van der Waals surface area contributed by atoms with Gasteiger partial charge in [0.25, 0.3) is 0 Å². The van der Waals surface area contributed by atoms with Crippen LogP contribution in [0, 0.1) is 11.3 Å². The SMILES string of the molecule is COc1cc(C2(C#N)CCC2)c(OC)cc1SC. The minimum Gasteiger partial charge on any atom is -0.496 e. The first-order chi connectivity index (χ1) is 8.70. The van der Waals surface area contributed by atoms with Crippen molar-refractivity contribution in [1.29, 1.82) is 5.26 Å². The third-order valence-electron chi connectivity index (χ3n) is 3.64. The number of benzene rings is 1. The lowest BCUT2D eigenvalue weighted by Crippen LogP contribution is -2.32. The molecule has 0 atom stereocenters. The van der Waals surface area contributed by atoms with E-state index in [0.29, 0.717) is 0 Å².